The number of likely N-dealkylation sites (N-methyl/N-ethyl adjacent to an activating group) is 4. The van der Waals surface area contributed by atoms with Crippen molar-refractivity contribution in [1.82, 2.24) is 78.8 Å². The average Bonchev–Trinajstić information content (AvgIpc) is 1.65. The standard InChI is InChI=1S/2C10H22N2.C10H21N.C9H18N2.2C9H20N2.C8H18N2.C7H16N2.C7H15NO/c1-9(2)12(4)10-5-7-11(3)8-6-10;1-9(2)11-5-7-12(8-6-11)10(3)4;1-9(2)8-10-4-6-11(3)7-5-10;1-7(2)11-6-8-4-9(11)5-10(8)3;1-9(2)8-11-6-4-10(3)5-7-11;1-4-10-5-7-11(8-6-10)9(2)3;1-8(2)10-6-4-9(3)5-7-10;1-7(2)9-5-3-8-4-6-9;1-7(2)8-3-5-9-6-4-8/h2*9-10H,5-8H2,1-4H3;9-10H,4-8H2,1-3H3;7-9H,4-6H2,1-3H3;2*9H,4-8H2,1-3H3;8H,4-7H2,1-3H3;7-8H,3-6H2,1-2H3;7H,3-6H2,1-2H3/t;;;8-,9-;;;;;/m...0...../s1. The van der Waals surface area contributed by atoms with E-state index in [0.29, 0.717) is 12.1 Å². The molecule has 0 amide bonds. The lowest BCUT2D eigenvalue weighted by Gasteiger charge is -2.38. The number of piperidine rings is 2. The first kappa shape index (κ1) is 91.4. The summed E-state index contributed by atoms with van der Waals surface area (Å²) >= 11 is 0. The average molecular weight is 1360 g/mol. The van der Waals surface area contributed by atoms with Gasteiger partial charge in [0.1, 0.15) is 0 Å². The number of rotatable bonds is 14. The third kappa shape index (κ3) is 39.8. The molecular formula is C79H172N16O. The number of ether oxygens (including phenoxy) is 1. The Kier molecular flexibility index (Phi) is 49.0. The Hall–Kier alpha value is -0.680. The number of fused-ring (bicyclic) bond motifs is 2. The van der Waals surface area contributed by atoms with Crippen molar-refractivity contribution < 1.29 is 4.74 Å². The van der Waals surface area contributed by atoms with E-state index in [1.165, 1.54) is 209 Å². The van der Waals surface area contributed by atoms with Crippen LogP contribution in [0.25, 0.3) is 0 Å². The van der Waals surface area contributed by atoms with E-state index in [0.717, 1.165) is 112 Å². The van der Waals surface area contributed by atoms with Crippen LogP contribution in [0.3, 0.4) is 0 Å². The van der Waals surface area contributed by atoms with E-state index in [1.54, 1.807) is 0 Å². The lowest BCUT2D eigenvalue weighted by Crippen LogP contribution is -2.50. The van der Waals surface area contributed by atoms with E-state index in [-0.39, 0.29) is 0 Å². The van der Waals surface area contributed by atoms with Gasteiger partial charge in [-0.2, -0.15) is 0 Å². The highest BCUT2D eigenvalue weighted by atomic mass is 16.5. The normalized spacial score (nSPS) is 24.8. The van der Waals surface area contributed by atoms with Gasteiger partial charge < -0.3 is 49.3 Å². The van der Waals surface area contributed by atoms with Gasteiger partial charge in [-0.1, -0.05) is 34.6 Å². The number of likely N-dealkylation sites (tertiary alicyclic amines) is 4. The molecule has 17 heteroatoms. The summed E-state index contributed by atoms with van der Waals surface area (Å²) in [4.78, 5) is 37.5. The van der Waals surface area contributed by atoms with E-state index in [1.807, 2.05) is 0 Å². The van der Waals surface area contributed by atoms with Crippen LogP contribution < -0.4 is 5.32 Å². The predicted octanol–water partition coefficient (Wildman–Crippen LogP) is 9.59. The molecule has 10 rings (SSSR count). The summed E-state index contributed by atoms with van der Waals surface area (Å²) in [7, 11) is 13.3. The molecule has 10 heterocycles. The molecule has 10 fully saturated rings. The third-order valence-corrected chi connectivity index (χ3v) is 22.5. The molecule has 1 N–H and O–H groups in total. The van der Waals surface area contributed by atoms with E-state index < -0.39 is 0 Å². The van der Waals surface area contributed by atoms with Crippen molar-refractivity contribution in [2.75, 3.05) is 252 Å². The first-order chi connectivity index (χ1) is 45.3. The maximum atomic E-state index is 5.21. The number of nitrogens with zero attached hydrogens (tertiary/aromatic N) is 15. The quantitative estimate of drug-likeness (QED) is 0.180. The Labute approximate surface area is 600 Å². The highest BCUT2D eigenvalue weighted by molar-refractivity contribution is 4.99. The zero-order valence-corrected chi connectivity index (χ0v) is 69.6. The van der Waals surface area contributed by atoms with Gasteiger partial charge in [-0.05, 0) is 242 Å². The Morgan fingerprint density at radius 1 is 0.375 bits per heavy atom. The molecule has 2 atom stereocenters. The van der Waals surface area contributed by atoms with Crippen LogP contribution in [0.4, 0.5) is 0 Å². The molecule has 0 aromatic rings. The summed E-state index contributed by atoms with van der Waals surface area (Å²) < 4.78 is 5.21. The molecule has 10 aliphatic rings. The van der Waals surface area contributed by atoms with Gasteiger partial charge in [0.05, 0.1) is 13.2 Å². The number of piperazine rings is 6. The van der Waals surface area contributed by atoms with E-state index >= 15 is 0 Å². The molecule has 17 nitrogen and oxygen atoms in total. The maximum absolute atomic E-state index is 5.21. The minimum absolute atomic E-state index is 0.689. The van der Waals surface area contributed by atoms with Gasteiger partial charge in [-0.3, -0.25) is 34.3 Å². The molecule has 0 aromatic heterocycles. The molecule has 0 aromatic carbocycles. The monoisotopic (exact) mass is 1360 g/mol. The van der Waals surface area contributed by atoms with Crippen molar-refractivity contribution in [1.29, 1.82) is 0 Å². The van der Waals surface area contributed by atoms with Crippen molar-refractivity contribution in [3.05, 3.63) is 0 Å². The second-order valence-corrected chi connectivity index (χ2v) is 33.8. The van der Waals surface area contributed by atoms with Crippen LogP contribution in [0.5, 0.6) is 0 Å². The van der Waals surface area contributed by atoms with Gasteiger partial charge in [0.2, 0.25) is 0 Å². The summed E-state index contributed by atoms with van der Waals surface area (Å²) in [5.41, 5.74) is 0. The molecule has 0 spiro atoms. The SMILES string of the molecule is CC(C)CC1CCN(C)CC1.CC(C)CN1CCN(C)CC1.CC(C)N(C)C1CCN(C)CC1.CC(C)N1CCN(C(C)C)CC1.CC(C)N1CCN(C)CC1.CC(C)N1CCNCC1.CC(C)N1CCOCC1.CC(C)N1C[C@@H]2C[C@H]1CN2C.CCN1CCN(C(C)C)CC1. The molecule has 2 bridgehead atoms. The molecule has 0 saturated carbocycles. The summed E-state index contributed by atoms with van der Waals surface area (Å²) in [6.45, 7) is 86.9. The van der Waals surface area contributed by atoms with Gasteiger partial charge >= 0.3 is 0 Å². The van der Waals surface area contributed by atoms with Crippen molar-refractivity contribution in [2.24, 2.45) is 17.8 Å². The maximum Gasteiger partial charge on any atom is 0.0594 e. The Bertz CT molecular complexity index is 1700. The van der Waals surface area contributed by atoms with Crippen molar-refractivity contribution >= 4 is 0 Å². The van der Waals surface area contributed by atoms with Crippen LogP contribution in [0.15, 0.2) is 0 Å². The van der Waals surface area contributed by atoms with Gasteiger partial charge in [0.25, 0.3) is 0 Å². The summed E-state index contributed by atoms with van der Waals surface area (Å²) in [5, 5.41) is 3.33. The zero-order valence-electron chi connectivity index (χ0n) is 69.6. The Morgan fingerprint density at radius 2 is 0.729 bits per heavy atom. The zero-order chi connectivity index (χ0) is 72.0. The van der Waals surface area contributed by atoms with Crippen LogP contribution in [0, 0.1) is 17.8 Å². The van der Waals surface area contributed by atoms with Gasteiger partial charge in [-0.25, -0.2) is 0 Å². The van der Waals surface area contributed by atoms with Crippen LogP contribution in [0.2, 0.25) is 0 Å². The highest BCUT2D eigenvalue weighted by Gasteiger charge is 2.42. The summed E-state index contributed by atoms with van der Waals surface area (Å²) in [6, 6.07) is 8.31. The minimum atomic E-state index is 0.689. The number of hydrogen-bond acceptors (Lipinski definition) is 17. The number of morpholine rings is 1. The molecule has 0 unspecified atom stereocenters. The molecular weight excluding hydrogens is 1190 g/mol. The van der Waals surface area contributed by atoms with Crippen LogP contribution >= 0.6 is 0 Å². The van der Waals surface area contributed by atoms with Crippen molar-refractivity contribution in [2.45, 2.75) is 250 Å². The fourth-order valence-corrected chi connectivity index (χ4v) is 14.9. The number of nitrogens with one attached hydrogen (secondary N) is 1. The van der Waals surface area contributed by atoms with Crippen LogP contribution in [0.1, 0.15) is 184 Å². The lowest BCUT2D eigenvalue weighted by atomic mass is 9.89. The molecule has 0 aliphatic carbocycles. The fraction of sp³-hybridized carbons (Fsp3) is 1.00. The van der Waals surface area contributed by atoms with E-state index in [2.05, 4.69) is 266 Å². The topological polar surface area (TPSA) is 69.9 Å². The number of hydrogen-bond donors (Lipinski definition) is 1. The summed E-state index contributed by atoms with van der Waals surface area (Å²) in [6.07, 6.45) is 8.38. The smallest absolute Gasteiger partial charge is 0.0594 e. The van der Waals surface area contributed by atoms with Crippen LogP contribution in [-0.2, 0) is 4.74 Å². The largest absolute Gasteiger partial charge is 0.379 e. The van der Waals surface area contributed by atoms with Gasteiger partial charge in [0, 0.05) is 230 Å². The molecule has 0 radical (unpaired) electrons. The fourth-order valence-electron chi connectivity index (χ4n) is 14.9. The van der Waals surface area contributed by atoms with Gasteiger partial charge in [0.15, 0.2) is 0 Å². The van der Waals surface area contributed by atoms with E-state index in [9.17, 15) is 0 Å². The second-order valence-electron chi connectivity index (χ2n) is 33.8. The summed E-state index contributed by atoms with van der Waals surface area (Å²) in [5.74, 6) is 2.73. The molecule has 96 heavy (non-hydrogen) atoms. The third-order valence-electron chi connectivity index (χ3n) is 22.5. The molecule has 10 saturated heterocycles. The van der Waals surface area contributed by atoms with Gasteiger partial charge in [-0.15, -0.1) is 0 Å². The second kappa shape index (κ2) is 51.5. The van der Waals surface area contributed by atoms with E-state index in [4.69, 9.17) is 4.74 Å². The minimum Gasteiger partial charge on any atom is -0.379 e. The first-order valence-corrected chi connectivity index (χ1v) is 40.4. The van der Waals surface area contributed by atoms with Crippen molar-refractivity contribution in [3.63, 3.8) is 0 Å². The van der Waals surface area contributed by atoms with Crippen LogP contribution in [-0.4, -0.2) is 392 Å². The predicted molar refractivity (Wildman–Crippen MR) is 422 cm³/mol. The first-order valence-electron chi connectivity index (χ1n) is 40.4. The van der Waals surface area contributed by atoms with Crippen molar-refractivity contribution in [3.8, 4) is 0 Å². The lowest BCUT2D eigenvalue weighted by molar-refractivity contribution is 0.0238. The molecule has 574 valence electrons. The molecule has 10 aliphatic heterocycles. The highest BCUT2D eigenvalue weighted by Crippen LogP contribution is 2.30. The Morgan fingerprint density at radius 3 is 1.05 bits per heavy atom. The Balaban J connectivity index is 0.000000368.